The Labute approximate surface area is 291 Å². The van der Waals surface area contributed by atoms with Crippen LogP contribution in [-0.2, 0) is 32.7 Å². The second-order valence-corrected chi connectivity index (χ2v) is 13.2. The van der Waals surface area contributed by atoms with Crippen LogP contribution in [0.2, 0.25) is 0 Å². The van der Waals surface area contributed by atoms with Gasteiger partial charge in [-0.15, -0.1) is 0 Å². The summed E-state index contributed by atoms with van der Waals surface area (Å²) in [5, 5.41) is 0. The highest BCUT2D eigenvalue weighted by atomic mass is 31.2. The lowest BCUT2D eigenvalue weighted by Gasteiger charge is -2.19. The Morgan fingerprint density at radius 2 is 1.15 bits per heavy atom. The first-order valence-electron chi connectivity index (χ1n) is 18.3. The van der Waals surface area contributed by atoms with Gasteiger partial charge >= 0.3 is 19.8 Å². The number of hydrogen-bond donors (Lipinski definition) is 2. The summed E-state index contributed by atoms with van der Waals surface area (Å²) in [5.74, 6) is -0.896. The van der Waals surface area contributed by atoms with E-state index in [1.807, 2.05) is 0 Å². The van der Waals surface area contributed by atoms with Gasteiger partial charge in [0.25, 0.3) is 0 Å². The Bertz CT molecular complexity index is 976. The average molecular weight is 696 g/mol. The molecule has 9 nitrogen and oxygen atoms in total. The molecule has 0 aromatic carbocycles. The van der Waals surface area contributed by atoms with Gasteiger partial charge in [-0.05, 0) is 77.0 Å². The standard InChI is InChI=1S/C38H66NO8P/c1-3-5-7-9-11-13-15-17-18-19-21-23-25-27-29-31-38(41)47-36(35-46-48(42,43)45-33-32-39)34-44-37(40)30-28-26-24-22-20-16-14-12-10-8-6-4-2/h5,7,11-14,17-18,21,23,36H,3-4,6,8-10,15-16,19-20,22,24-35,39H2,1-2H3,(H,42,43)/b7-5-,13-11-,14-12-,18-17-,23-21-/t36-/m1/s1. The van der Waals surface area contributed by atoms with Gasteiger partial charge in [0, 0.05) is 19.4 Å². The summed E-state index contributed by atoms with van der Waals surface area (Å²) in [4.78, 5) is 34.6. The second kappa shape index (κ2) is 34.6. The molecule has 0 heterocycles. The van der Waals surface area contributed by atoms with Gasteiger partial charge in [0.1, 0.15) is 6.61 Å². The maximum atomic E-state index is 12.5. The van der Waals surface area contributed by atoms with Crippen LogP contribution in [0.1, 0.15) is 136 Å². The predicted octanol–water partition coefficient (Wildman–Crippen LogP) is 9.77. The van der Waals surface area contributed by atoms with Crippen molar-refractivity contribution in [2.75, 3.05) is 26.4 Å². The van der Waals surface area contributed by atoms with Crippen molar-refractivity contribution in [1.82, 2.24) is 0 Å². The van der Waals surface area contributed by atoms with Gasteiger partial charge in [-0.2, -0.15) is 0 Å². The van der Waals surface area contributed by atoms with Crippen LogP contribution >= 0.6 is 7.82 Å². The molecule has 0 aromatic rings. The minimum atomic E-state index is -4.38. The maximum absolute atomic E-state index is 12.5. The van der Waals surface area contributed by atoms with Crippen molar-refractivity contribution < 1.29 is 37.6 Å². The topological polar surface area (TPSA) is 134 Å². The van der Waals surface area contributed by atoms with E-state index >= 15 is 0 Å². The van der Waals surface area contributed by atoms with E-state index < -0.39 is 32.5 Å². The molecule has 0 bridgehead atoms. The minimum absolute atomic E-state index is 0.0427. The lowest BCUT2D eigenvalue weighted by atomic mass is 10.1. The molecular formula is C38H66NO8P. The lowest BCUT2D eigenvalue weighted by Crippen LogP contribution is -2.29. The van der Waals surface area contributed by atoms with E-state index in [0.29, 0.717) is 12.8 Å². The van der Waals surface area contributed by atoms with Crippen molar-refractivity contribution >= 4 is 19.8 Å². The third-order valence-electron chi connectivity index (χ3n) is 7.14. The van der Waals surface area contributed by atoms with Gasteiger partial charge < -0.3 is 20.1 Å². The fourth-order valence-corrected chi connectivity index (χ4v) is 5.21. The lowest BCUT2D eigenvalue weighted by molar-refractivity contribution is -0.161. The molecule has 0 aliphatic carbocycles. The fourth-order valence-electron chi connectivity index (χ4n) is 4.44. The van der Waals surface area contributed by atoms with Crippen molar-refractivity contribution in [2.45, 2.75) is 142 Å². The molecule has 0 rings (SSSR count). The van der Waals surface area contributed by atoms with Crippen molar-refractivity contribution in [3.63, 3.8) is 0 Å². The number of carbonyl (C=O) groups excluding carboxylic acids is 2. The van der Waals surface area contributed by atoms with Crippen LogP contribution < -0.4 is 5.73 Å². The number of nitrogens with two attached hydrogens (primary N) is 1. The largest absolute Gasteiger partial charge is 0.472 e. The van der Waals surface area contributed by atoms with E-state index in [9.17, 15) is 19.0 Å². The minimum Gasteiger partial charge on any atom is -0.462 e. The monoisotopic (exact) mass is 695 g/mol. The summed E-state index contributed by atoms with van der Waals surface area (Å²) in [5.41, 5.74) is 5.32. The Morgan fingerprint density at radius 3 is 1.77 bits per heavy atom. The first-order valence-corrected chi connectivity index (χ1v) is 19.8. The van der Waals surface area contributed by atoms with Crippen molar-refractivity contribution in [1.29, 1.82) is 0 Å². The van der Waals surface area contributed by atoms with Gasteiger partial charge in [-0.1, -0.05) is 107 Å². The second-order valence-electron chi connectivity index (χ2n) is 11.7. The SMILES string of the molecule is CC/C=C\C/C=C\C/C=C\C/C=C\CCCCC(=O)O[C@H](COC(=O)CCCCCCC/C=C\CCCCC)COP(=O)(O)OCCN. The Morgan fingerprint density at radius 1 is 0.646 bits per heavy atom. The van der Waals surface area contributed by atoms with E-state index in [2.05, 4.69) is 74.6 Å². The first kappa shape index (κ1) is 45.7. The Hall–Kier alpha value is -2.29. The number of esters is 2. The van der Waals surface area contributed by atoms with Gasteiger partial charge in [0.2, 0.25) is 0 Å². The van der Waals surface area contributed by atoms with Gasteiger partial charge in [-0.3, -0.25) is 18.6 Å². The van der Waals surface area contributed by atoms with Crippen molar-refractivity contribution in [3.8, 4) is 0 Å². The molecule has 0 aliphatic rings. The van der Waals surface area contributed by atoms with Gasteiger partial charge in [0.05, 0.1) is 13.2 Å². The van der Waals surface area contributed by atoms with E-state index in [-0.39, 0.29) is 32.6 Å². The fraction of sp³-hybridized carbons (Fsp3) is 0.684. The van der Waals surface area contributed by atoms with E-state index in [0.717, 1.165) is 77.0 Å². The summed E-state index contributed by atoms with van der Waals surface area (Å²) in [7, 11) is -4.38. The summed E-state index contributed by atoms with van der Waals surface area (Å²) < 4.78 is 32.5. The van der Waals surface area contributed by atoms with E-state index in [4.69, 9.17) is 24.3 Å². The van der Waals surface area contributed by atoms with Gasteiger partial charge in [0.15, 0.2) is 6.10 Å². The maximum Gasteiger partial charge on any atom is 0.472 e. The molecule has 0 aromatic heterocycles. The number of hydrogen-bond acceptors (Lipinski definition) is 8. The highest BCUT2D eigenvalue weighted by Gasteiger charge is 2.25. The Kier molecular flexibility index (Phi) is 32.9. The van der Waals surface area contributed by atoms with Crippen LogP contribution in [0.4, 0.5) is 0 Å². The molecule has 2 atom stereocenters. The first-order chi connectivity index (χ1) is 23.3. The van der Waals surface area contributed by atoms with E-state index in [1.54, 1.807) is 0 Å². The van der Waals surface area contributed by atoms with Gasteiger partial charge in [-0.25, -0.2) is 4.57 Å². The molecular weight excluding hydrogens is 629 g/mol. The molecule has 0 fully saturated rings. The molecule has 0 amide bonds. The molecule has 48 heavy (non-hydrogen) atoms. The average Bonchev–Trinajstić information content (AvgIpc) is 3.07. The van der Waals surface area contributed by atoms with Crippen LogP contribution in [0.25, 0.3) is 0 Å². The van der Waals surface area contributed by atoms with Crippen LogP contribution in [0, 0.1) is 0 Å². The quantitative estimate of drug-likeness (QED) is 0.0298. The highest BCUT2D eigenvalue weighted by Crippen LogP contribution is 2.43. The Balaban J connectivity index is 4.36. The summed E-state index contributed by atoms with van der Waals surface area (Å²) in [6, 6.07) is 0. The highest BCUT2D eigenvalue weighted by molar-refractivity contribution is 7.47. The number of carbonyl (C=O) groups is 2. The third-order valence-corrected chi connectivity index (χ3v) is 8.12. The molecule has 3 N–H and O–H groups in total. The number of phosphoric ester groups is 1. The summed E-state index contributed by atoms with van der Waals surface area (Å²) >= 11 is 0. The summed E-state index contributed by atoms with van der Waals surface area (Å²) in [6.07, 6.45) is 38.3. The number of phosphoric acid groups is 1. The zero-order chi connectivity index (χ0) is 35.4. The molecule has 276 valence electrons. The molecule has 0 radical (unpaired) electrons. The third kappa shape index (κ3) is 33.6. The molecule has 0 saturated heterocycles. The van der Waals surface area contributed by atoms with Crippen molar-refractivity contribution in [2.24, 2.45) is 5.73 Å². The smallest absolute Gasteiger partial charge is 0.462 e. The number of unbranched alkanes of at least 4 members (excludes halogenated alkanes) is 10. The number of allylic oxidation sites excluding steroid dienone is 10. The van der Waals surface area contributed by atoms with Crippen LogP contribution in [0.15, 0.2) is 60.8 Å². The zero-order valence-electron chi connectivity index (χ0n) is 29.9. The molecule has 10 heteroatoms. The molecule has 0 aliphatic heterocycles. The molecule has 0 spiro atoms. The van der Waals surface area contributed by atoms with Crippen LogP contribution in [-0.4, -0.2) is 49.3 Å². The zero-order valence-corrected chi connectivity index (χ0v) is 30.8. The molecule has 1 unspecified atom stereocenters. The number of ether oxygens (including phenoxy) is 2. The summed E-state index contributed by atoms with van der Waals surface area (Å²) in [6.45, 7) is 3.50. The van der Waals surface area contributed by atoms with E-state index in [1.165, 1.54) is 19.3 Å². The number of rotatable bonds is 33. The van der Waals surface area contributed by atoms with Crippen LogP contribution in [0.3, 0.4) is 0 Å². The normalized spacial score (nSPS) is 14.2. The molecule has 0 saturated carbocycles. The van der Waals surface area contributed by atoms with Crippen LogP contribution in [0.5, 0.6) is 0 Å². The van der Waals surface area contributed by atoms with Crippen molar-refractivity contribution in [3.05, 3.63) is 60.8 Å². The predicted molar refractivity (Wildman–Crippen MR) is 196 cm³/mol.